The van der Waals surface area contributed by atoms with Gasteiger partial charge in [-0.3, -0.25) is 9.59 Å². The van der Waals surface area contributed by atoms with Gasteiger partial charge in [-0.15, -0.1) is 0 Å². The molecule has 7 nitrogen and oxygen atoms in total. The molecule has 0 aliphatic heterocycles. The van der Waals surface area contributed by atoms with Crippen molar-refractivity contribution in [2.45, 2.75) is 12.8 Å². The molecule has 0 fully saturated rings. The third-order valence-corrected chi connectivity index (χ3v) is 4.43. The Labute approximate surface area is 167 Å². The van der Waals surface area contributed by atoms with Gasteiger partial charge in [-0.25, -0.2) is 4.98 Å². The number of nitrogens with zero attached hydrogens (tertiary/aromatic N) is 3. The monoisotopic (exact) mass is 389 g/mol. The fourth-order valence-electron chi connectivity index (χ4n) is 2.89. The van der Waals surface area contributed by atoms with E-state index in [2.05, 4.69) is 4.98 Å². The van der Waals surface area contributed by atoms with Crippen molar-refractivity contribution in [3.05, 3.63) is 71.7 Å². The standard InChI is InChI=1S/C22H19N3O4/c1-25-18-10-6-5-9-17(18)24-22(25)16(13-23)20(27)14-29-21(28)12-11-19(26)15-7-3-2-4-8-15/h2-10,27H,11-12,14H2,1H3/b20-16-. The van der Waals surface area contributed by atoms with Gasteiger partial charge in [-0.2, -0.15) is 5.26 Å². The second kappa shape index (κ2) is 8.85. The van der Waals surface area contributed by atoms with Gasteiger partial charge in [-0.1, -0.05) is 42.5 Å². The number of nitriles is 1. The van der Waals surface area contributed by atoms with Crippen LogP contribution < -0.4 is 0 Å². The molecule has 7 heteroatoms. The lowest BCUT2D eigenvalue weighted by atomic mass is 10.1. The fraction of sp³-hybridized carbons (Fsp3) is 0.182. The molecule has 1 N–H and O–H groups in total. The predicted octanol–water partition coefficient (Wildman–Crippen LogP) is 3.57. The summed E-state index contributed by atoms with van der Waals surface area (Å²) in [6.45, 7) is -0.468. The van der Waals surface area contributed by atoms with Crippen LogP contribution in [0.25, 0.3) is 16.6 Å². The Morgan fingerprint density at radius 3 is 2.48 bits per heavy atom. The van der Waals surface area contributed by atoms with Gasteiger partial charge in [0.1, 0.15) is 18.2 Å². The van der Waals surface area contributed by atoms with E-state index in [0.717, 1.165) is 5.52 Å². The van der Waals surface area contributed by atoms with Crippen molar-refractivity contribution >= 4 is 28.4 Å². The first kappa shape index (κ1) is 19.8. The van der Waals surface area contributed by atoms with E-state index in [1.54, 1.807) is 48.0 Å². The molecular weight excluding hydrogens is 370 g/mol. The average molecular weight is 389 g/mol. The smallest absolute Gasteiger partial charge is 0.306 e. The largest absolute Gasteiger partial charge is 0.507 e. The van der Waals surface area contributed by atoms with Crippen molar-refractivity contribution in [2.24, 2.45) is 7.05 Å². The van der Waals surface area contributed by atoms with Crippen LogP contribution in [0.5, 0.6) is 0 Å². The summed E-state index contributed by atoms with van der Waals surface area (Å²) in [5.74, 6) is -0.919. The van der Waals surface area contributed by atoms with Gasteiger partial charge in [0.25, 0.3) is 0 Å². The number of rotatable bonds is 7. The molecule has 0 bridgehead atoms. The van der Waals surface area contributed by atoms with E-state index in [1.165, 1.54) is 0 Å². The van der Waals surface area contributed by atoms with E-state index in [-0.39, 0.29) is 30.0 Å². The molecule has 146 valence electrons. The number of benzene rings is 2. The van der Waals surface area contributed by atoms with Crippen LogP contribution in [0, 0.1) is 11.3 Å². The minimum Gasteiger partial charge on any atom is -0.507 e. The molecule has 0 atom stereocenters. The molecule has 0 unspecified atom stereocenters. The van der Waals surface area contributed by atoms with Crippen LogP contribution in [0.1, 0.15) is 29.0 Å². The number of aliphatic hydroxyl groups excluding tert-OH is 1. The van der Waals surface area contributed by atoms with Crippen LogP contribution in [0.2, 0.25) is 0 Å². The van der Waals surface area contributed by atoms with Crippen LogP contribution in [0.4, 0.5) is 0 Å². The Balaban J connectivity index is 1.64. The van der Waals surface area contributed by atoms with Crippen LogP contribution >= 0.6 is 0 Å². The SMILES string of the molecule is Cn1c(/C(C#N)=C(\O)COC(=O)CCC(=O)c2ccccc2)nc2ccccc21. The lowest BCUT2D eigenvalue weighted by molar-refractivity contribution is -0.143. The molecule has 0 spiro atoms. The zero-order valence-electron chi connectivity index (χ0n) is 15.8. The number of aromatic nitrogens is 2. The van der Waals surface area contributed by atoms with Crippen molar-refractivity contribution in [1.82, 2.24) is 9.55 Å². The first-order valence-electron chi connectivity index (χ1n) is 8.99. The van der Waals surface area contributed by atoms with E-state index in [9.17, 15) is 20.0 Å². The highest BCUT2D eigenvalue weighted by Crippen LogP contribution is 2.22. The zero-order valence-corrected chi connectivity index (χ0v) is 15.8. The van der Waals surface area contributed by atoms with Crippen molar-refractivity contribution in [3.63, 3.8) is 0 Å². The highest BCUT2D eigenvalue weighted by atomic mass is 16.5. The molecule has 1 aromatic heterocycles. The normalized spacial score (nSPS) is 11.6. The third-order valence-electron chi connectivity index (χ3n) is 4.43. The fourth-order valence-corrected chi connectivity index (χ4v) is 2.89. The Morgan fingerprint density at radius 2 is 1.79 bits per heavy atom. The number of hydrogen-bond donors (Lipinski definition) is 1. The number of carbonyl (C=O) groups excluding carboxylic acids is 2. The first-order valence-corrected chi connectivity index (χ1v) is 8.99. The molecule has 2 aromatic carbocycles. The molecule has 0 saturated heterocycles. The maximum atomic E-state index is 12.0. The van der Waals surface area contributed by atoms with Crippen LogP contribution in [0.15, 0.2) is 60.4 Å². The number of ketones is 1. The Hall–Kier alpha value is -3.92. The molecule has 3 rings (SSSR count). The number of para-hydroxylation sites is 2. The lowest BCUT2D eigenvalue weighted by Gasteiger charge is -2.07. The summed E-state index contributed by atoms with van der Waals surface area (Å²) in [5, 5.41) is 19.7. The van der Waals surface area contributed by atoms with Crippen molar-refractivity contribution in [1.29, 1.82) is 5.26 Å². The molecule has 0 amide bonds. The van der Waals surface area contributed by atoms with E-state index < -0.39 is 18.3 Å². The number of aryl methyl sites for hydroxylation is 1. The lowest BCUT2D eigenvalue weighted by Crippen LogP contribution is -2.11. The van der Waals surface area contributed by atoms with Gasteiger partial charge in [-0.05, 0) is 12.1 Å². The number of carbonyl (C=O) groups is 2. The van der Waals surface area contributed by atoms with Gasteiger partial charge in [0, 0.05) is 19.0 Å². The number of esters is 1. The quantitative estimate of drug-likeness (QED) is 0.287. The summed E-state index contributed by atoms with van der Waals surface area (Å²) >= 11 is 0. The summed E-state index contributed by atoms with van der Waals surface area (Å²) in [6.07, 6.45) is -0.113. The number of hydrogen-bond acceptors (Lipinski definition) is 6. The molecule has 0 saturated carbocycles. The molecule has 1 heterocycles. The Morgan fingerprint density at radius 1 is 1.10 bits per heavy atom. The maximum Gasteiger partial charge on any atom is 0.306 e. The number of Topliss-reactive ketones (excluding diaryl/α,β-unsaturated/α-hetero) is 1. The van der Waals surface area contributed by atoms with E-state index in [4.69, 9.17) is 4.74 Å². The summed E-state index contributed by atoms with van der Waals surface area (Å²) in [5.41, 5.74) is 1.94. The number of allylic oxidation sites excluding steroid dienone is 1. The molecule has 29 heavy (non-hydrogen) atoms. The zero-order chi connectivity index (χ0) is 20.8. The van der Waals surface area contributed by atoms with Gasteiger partial charge >= 0.3 is 5.97 Å². The second-order valence-electron chi connectivity index (χ2n) is 6.37. The maximum absolute atomic E-state index is 12.0. The topological polar surface area (TPSA) is 105 Å². The predicted molar refractivity (Wildman–Crippen MR) is 107 cm³/mol. The Kier molecular flexibility index (Phi) is 6.05. The third kappa shape index (κ3) is 4.50. The first-order chi connectivity index (χ1) is 14.0. The van der Waals surface area contributed by atoms with Crippen molar-refractivity contribution in [2.75, 3.05) is 6.61 Å². The molecule has 0 radical (unpaired) electrons. The van der Waals surface area contributed by atoms with Crippen LogP contribution in [0.3, 0.4) is 0 Å². The molecule has 3 aromatic rings. The van der Waals surface area contributed by atoms with Gasteiger partial charge in [0.15, 0.2) is 17.4 Å². The second-order valence-corrected chi connectivity index (χ2v) is 6.37. The highest BCUT2D eigenvalue weighted by molar-refractivity contribution is 5.97. The van der Waals surface area contributed by atoms with E-state index in [0.29, 0.717) is 11.1 Å². The highest BCUT2D eigenvalue weighted by Gasteiger charge is 2.18. The minimum atomic E-state index is -0.636. The van der Waals surface area contributed by atoms with E-state index in [1.807, 2.05) is 24.3 Å². The summed E-state index contributed by atoms with van der Waals surface area (Å²) in [7, 11) is 1.73. The number of fused-ring (bicyclic) bond motifs is 1. The number of ether oxygens (including phenoxy) is 1. The summed E-state index contributed by atoms with van der Waals surface area (Å²) < 4.78 is 6.71. The van der Waals surface area contributed by atoms with Gasteiger partial charge < -0.3 is 14.4 Å². The van der Waals surface area contributed by atoms with E-state index >= 15 is 0 Å². The minimum absolute atomic E-state index is 0.00316. The molecular formula is C22H19N3O4. The van der Waals surface area contributed by atoms with Crippen LogP contribution in [-0.4, -0.2) is 33.0 Å². The molecule has 0 aliphatic rings. The number of aliphatic hydroxyl groups is 1. The number of imidazole rings is 1. The van der Waals surface area contributed by atoms with Crippen LogP contribution in [-0.2, 0) is 16.6 Å². The summed E-state index contributed by atoms with van der Waals surface area (Å²) in [4.78, 5) is 28.3. The van der Waals surface area contributed by atoms with Crippen molar-refractivity contribution in [3.8, 4) is 6.07 Å². The average Bonchev–Trinajstić information content (AvgIpc) is 3.08. The van der Waals surface area contributed by atoms with Gasteiger partial charge in [0.2, 0.25) is 0 Å². The summed E-state index contributed by atoms with van der Waals surface area (Å²) in [6, 6.07) is 17.9. The Bertz CT molecular complexity index is 1120. The molecule has 0 aliphatic carbocycles. The van der Waals surface area contributed by atoms with Gasteiger partial charge in [0.05, 0.1) is 17.5 Å². The van der Waals surface area contributed by atoms with Crippen molar-refractivity contribution < 1.29 is 19.4 Å².